The number of nitrogens with one attached hydrogen (secondary N) is 2. The molecule has 8 heteroatoms. The molecular formula is C16H23Cl2N3O3. The molecule has 2 N–H and O–H groups in total. The van der Waals surface area contributed by atoms with Crippen molar-refractivity contribution in [2.45, 2.75) is 57.7 Å². The van der Waals surface area contributed by atoms with Crippen LogP contribution in [0.3, 0.4) is 0 Å². The minimum Gasteiger partial charge on any atom is -0.349 e. The molecule has 134 valence electrons. The number of carbonyl (C=O) groups excluding carboxylic acids is 1. The van der Waals surface area contributed by atoms with Crippen LogP contribution >= 0.6 is 24.0 Å². The van der Waals surface area contributed by atoms with E-state index < -0.39 is 4.92 Å². The van der Waals surface area contributed by atoms with Crippen LogP contribution in [0, 0.1) is 10.1 Å². The highest BCUT2D eigenvalue weighted by Gasteiger charge is 2.38. The molecule has 1 saturated heterocycles. The first kappa shape index (κ1) is 20.7. The van der Waals surface area contributed by atoms with Gasteiger partial charge >= 0.3 is 0 Å². The molecule has 0 bridgehead atoms. The minimum atomic E-state index is -0.538. The Labute approximate surface area is 152 Å². The van der Waals surface area contributed by atoms with E-state index >= 15 is 0 Å². The molecule has 2 rings (SSSR count). The van der Waals surface area contributed by atoms with Gasteiger partial charge in [-0.2, -0.15) is 0 Å². The highest BCUT2D eigenvalue weighted by atomic mass is 35.5. The molecule has 1 aliphatic heterocycles. The van der Waals surface area contributed by atoms with Crippen molar-refractivity contribution in [3.63, 3.8) is 0 Å². The summed E-state index contributed by atoms with van der Waals surface area (Å²) in [5.41, 5.74) is -0.223. The van der Waals surface area contributed by atoms with Crippen molar-refractivity contribution in [1.82, 2.24) is 10.6 Å². The van der Waals surface area contributed by atoms with E-state index in [2.05, 4.69) is 38.3 Å². The topological polar surface area (TPSA) is 84.3 Å². The Morgan fingerprint density at radius 1 is 1.29 bits per heavy atom. The average Bonchev–Trinajstić information content (AvgIpc) is 2.34. The second-order valence-electron chi connectivity index (χ2n) is 7.39. The molecular weight excluding hydrogens is 353 g/mol. The summed E-state index contributed by atoms with van der Waals surface area (Å²) in [4.78, 5) is 22.8. The third-order valence-electron chi connectivity index (χ3n) is 3.93. The van der Waals surface area contributed by atoms with E-state index in [0.717, 1.165) is 12.8 Å². The molecule has 0 saturated carbocycles. The SMILES string of the molecule is CC1(C)CC(NC(=O)c2cc([N+](=O)[O-])ccc2Cl)CC(C)(C)N1.Cl. The van der Waals surface area contributed by atoms with E-state index in [1.807, 2.05) is 0 Å². The Morgan fingerprint density at radius 2 is 1.83 bits per heavy atom. The van der Waals surface area contributed by atoms with Crippen molar-refractivity contribution in [3.8, 4) is 0 Å². The van der Waals surface area contributed by atoms with Gasteiger partial charge in [0.15, 0.2) is 0 Å². The normalized spacial score (nSPS) is 19.2. The number of amides is 1. The third-order valence-corrected chi connectivity index (χ3v) is 4.26. The molecule has 0 unspecified atom stereocenters. The number of benzene rings is 1. The van der Waals surface area contributed by atoms with Crippen molar-refractivity contribution in [3.05, 3.63) is 38.9 Å². The Hall–Kier alpha value is -1.37. The molecule has 1 aromatic rings. The fourth-order valence-corrected chi connectivity index (χ4v) is 3.69. The lowest BCUT2D eigenvalue weighted by Gasteiger charge is -2.46. The van der Waals surface area contributed by atoms with Crippen LogP contribution in [0.15, 0.2) is 18.2 Å². The first-order valence-electron chi connectivity index (χ1n) is 7.53. The van der Waals surface area contributed by atoms with Gasteiger partial charge in [-0.25, -0.2) is 0 Å². The maximum Gasteiger partial charge on any atom is 0.270 e. The van der Waals surface area contributed by atoms with Gasteiger partial charge in [0, 0.05) is 29.3 Å². The smallest absolute Gasteiger partial charge is 0.270 e. The van der Waals surface area contributed by atoms with E-state index in [1.165, 1.54) is 18.2 Å². The van der Waals surface area contributed by atoms with Crippen molar-refractivity contribution >= 4 is 35.6 Å². The van der Waals surface area contributed by atoms with Gasteiger partial charge in [0.1, 0.15) is 0 Å². The summed E-state index contributed by atoms with van der Waals surface area (Å²) in [6.07, 6.45) is 1.55. The Morgan fingerprint density at radius 3 is 2.33 bits per heavy atom. The number of carbonyl (C=O) groups is 1. The largest absolute Gasteiger partial charge is 0.349 e. The Balaban J connectivity index is 0.00000288. The molecule has 24 heavy (non-hydrogen) atoms. The number of nitrogens with zero attached hydrogens (tertiary/aromatic N) is 1. The molecule has 0 spiro atoms. The number of non-ortho nitro benzene ring substituents is 1. The van der Waals surface area contributed by atoms with E-state index in [1.54, 1.807) is 0 Å². The molecule has 0 atom stereocenters. The third kappa shape index (κ3) is 5.06. The number of nitro groups is 1. The summed E-state index contributed by atoms with van der Waals surface area (Å²) >= 11 is 6.03. The average molecular weight is 376 g/mol. The van der Waals surface area contributed by atoms with Crippen molar-refractivity contribution in [2.75, 3.05) is 0 Å². The van der Waals surface area contributed by atoms with Crippen LogP contribution in [0.5, 0.6) is 0 Å². The summed E-state index contributed by atoms with van der Waals surface area (Å²) < 4.78 is 0. The summed E-state index contributed by atoms with van der Waals surface area (Å²) in [6.45, 7) is 8.36. The lowest BCUT2D eigenvalue weighted by Crippen LogP contribution is -2.62. The van der Waals surface area contributed by atoms with E-state index in [4.69, 9.17) is 11.6 Å². The number of hydrogen-bond donors (Lipinski definition) is 2. The van der Waals surface area contributed by atoms with Crippen LogP contribution in [0.1, 0.15) is 50.9 Å². The van der Waals surface area contributed by atoms with Crippen LogP contribution in [0.25, 0.3) is 0 Å². The van der Waals surface area contributed by atoms with E-state index in [0.29, 0.717) is 0 Å². The first-order valence-corrected chi connectivity index (χ1v) is 7.91. The van der Waals surface area contributed by atoms with Crippen LogP contribution in [-0.2, 0) is 0 Å². The second-order valence-corrected chi connectivity index (χ2v) is 7.80. The molecule has 1 fully saturated rings. The maximum atomic E-state index is 12.5. The number of halogens is 2. The lowest BCUT2D eigenvalue weighted by atomic mass is 9.79. The van der Waals surface area contributed by atoms with Gasteiger partial charge in [-0.15, -0.1) is 12.4 Å². The van der Waals surface area contributed by atoms with Gasteiger partial charge in [0.25, 0.3) is 11.6 Å². The van der Waals surface area contributed by atoms with Crippen molar-refractivity contribution < 1.29 is 9.72 Å². The van der Waals surface area contributed by atoms with Crippen LogP contribution in [0.2, 0.25) is 5.02 Å². The fraction of sp³-hybridized carbons (Fsp3) is 0.562. The van der Waals surface area contributed by atoms with Crippen LogP contribution < -0.4 is 10.6 Å². The number of hydrogen-bond acceptors (Lipinski definition) is 4. The second kappa shape index (κ2) is 7.25. The monoisotopic (exact) mass is 375 g/mol. The standard InChI is InChI=1S/C16H22ClN3O3.ClH/c1-15(2)8-10(9-16(3,4)19-15)18-14(21)12-7-11(20(22)23)5-6-13(12)17;/h5-7,10,19H,8-9H2,1-4H3,(H,18,21);1H. The van der Waals surface area contributed by atoms with E-state index in [9.17, 15) is 14.9 Å². The highest BCUT2D eigenvalue weighted by molar-refractivity contribution is 6.33. The summed E-state index contributed by atoms with van der Waals surface area (Å²) in [5.74, 6) is -0.378. The maximum absolute atomic E-state index is 12.5. The first-order chi connectivity index (χ1) is 10.5. The minimum absolute atomic E-state index is 0. The Kier molecular flexibility index (Phi) is 6.25. The Bertz CT molecular complexity index is 631. The van der Waals surface area contributed by atoms with Gasteiger partial charge < -0.3 is 10.6 Å². The molecule has 1 aromatic carbocycles. The van der Waals surface area contributed by atoms with Crippen LogP contribution in [0.4, 0.5) is 5.69 Å². The zero-order valence-corrected chi connectivity index (χ0v) is 15.8. The molecule has 0 aliphatic carbocycles. The summed E-state index contributed by atoms with van der Waals surface area (Å²) in [7, 11) is 0. The predicted octanol–water partition coefficient (Wildman–Crippen LogP) is 3.71. The number of nitro benzene ring substituents is 1. The van der Waals surface area contributed by atoms with Crippen molar-refractivity contribution in [2.24, 2.45) is 0 Å². The summed E-state index contributed by atoms with van der Waals surface area (Å²) in [5, 5.41) is 17.6. The molecule has 1 amide bonds. The molecule has 1 heterocycles. The highest BCUT2D eigenvalue weighted by Crippen LogP contribution is 2.29. The predicted molar refractivity (Wildman–Crippen MR) is 97.1 cm³/mol. The quantitative estimate of drug-likeness (QED) is 0.622. The molecule has 0 aromatic heterocycles. The van der Waals surface area contributed by atoms with Gasteiger partial charge in [-0.3, -0.25) is 14.9 Å². The number of piperidine rings is 1. The summed E-state index contributed by atoms with van der Waals surface area (Å²) in [6, 6.07) is 3.86. The zero-order valence-electron chi connectivity index (χ0n) is 14.2. The van der Waals surface area contributed by atoms with E-state index in [-0.39, 0.29) is 51.7 Å². The zero-order chi connectivity index (χ0) is 17.4. The van der Waals surface area contributed by atoms with Crippen molar-refractivity contribution in [1.29, 1.82) is 0 Å². The van der Waals surface area contributed by atoms with Crippen LogP contribution in [-0.4, -0.2) is 28.0 Å². The molecule has 0 radical (unpaired) electrons. The van der Waals surface area contributed by atoms with Gasteiger partial charge in [0.05, 0.1) is 15.5 Å². The van der Waals surface area contributed by atoms with Gasteiger partial charge in [-0.05, 0) is 46.6 Å². The molecule has 6 nitrogen and oxygen atoms in total. The van der Waals surface area contributed by atoms with Gasteiger partial charge in [-0.1, -0.05) is 11.6 Å². The molecule has 1 aliphatic rings. The lowest BCUT2D eigenvalue weighted by molar-refractivity contribution is -0.384. The number of rotatable bonds is 3. The fourth-order valence-electron chi connectivity index (χ4n) is 3.49. The van der Waals surface area contributed by atoms with Gasteiger partial charge in [0.2, 0.25) is 0 Å².